The Balaban J connectivity index is 1.49. The van der Waals surface area contributed by atoms with Crippen LogP contribution in [0.5, 0.6) is 5.75 Å². The van der Waals surface area contributed by atoms with Crippen LogP contribution in [0, 0.1) is 19.9 Å². The number of carbonyl (C=O) groups excluding carboxylic acids is 4. The number of rotatable bonds is 11. The molecule has 16 heteroatoms. The van der Waals surface area contributed by atoms with Gasteiger partial charge in [0.05, 0.1) is 32.0 Å². The quantitative estimate of drug-likeness (QED) is 0.108. The standard InChI is InChI=1S/C37H50FN5O9Si/c1-20-14-21(2)28(25(15-20)50-22(3)44)36(7,8)16-27(46)52-30-23(17-48-37(30,9)18-49-53(10,11)35(4,5)6)43-19-39-29-31(41-34(38)42-32(29)43)40-33(47)24-12-13-26(45)51-24/h14-15,19,23-24,30H,12-13,16-18H2,1-11H3,(H,40,41,42,47)/t23?,24-,30+,37-/m1/s1. The maximum atomic E-state index is 15.0. The van der Waals surface area contributed by atoms with E-state index in [0.29, 0.717) is 11.3 Å². The normalized spacial score (nSPS) is 22.2. The molecule has 0 radical (unpaired) electrons. The number of esters is 3. The van der Waals surface area contributed by atoms with E-state index in [1.165, 1.54) is 13.3 Å². The molecule has 0 aliphatic carbocycles. The first-order valence-electron chi connectivity index (χ1n) is 17.7. The van der Waals surface area contributed by atoms with E-state index >= 15 is 4.39 Å². The Morgan fingerprint density at radius 1 is 1.13 bits per heavy atom. The minimum Gasteiger partial charge on any atom is -0.457 e. The number of benzene rings is 1. The zero-order chi connectivity index (χ0) is 39.3. The van der Waals surface area contributed by atoms with E-state index in [-0.39, 0.29) is 54.5 Å². The average Bonchev–Trinajstić information content (AvgIpc) is 3.72. The highest BCUT2D eigenvalue weighted by Crippen LogP contribution is 2.43. The van der Waals surface area contributed by atoms with Crippen molar-refractivity contribution in [3.8, 4) is 5.75 Å². The molecular formula is C37H50FN5O9Si. The number of ether oxygens (including phenoxy) is 4. The molecule has 4 heterocycles. The third kappa shape index (κ3) is 8.44. The largest absolute Gasteiger partial charge is 0.457 e. The van der Waals surface area contributed by atoms with Gasteiger partial charge in [0.1, 0.15) is 11.4 Å². The van der Waals surface area contributed by atoms with Crippen molar-refractivity contribution in [1.29, 1.82) is 0 Å². The molecule has 2 aliphatic rings. The Morgan fingerprint density at radius 2 is 1.83 bits per heavy atom. The van der Waals surface area contributed by atoms with Gasteiger partial charge in [-0.2, -0.15) is 14.4 Å². The summed E-state index contributed by atoms with van der Waals surface area (Å²) >= 11 is 0. The third-order valence-electron chi connectivity index (χ3n) is 10.4. The minimum atomic E-state index is -2.30. The average molecular weight is 756 g/mol. The fourth-order valence-corrected chi connectivity index (χ4v) is 7.82. The van der Waals surface area contributed by atoms with Gasteiger partial charge in [-0.15, -0.1) is 0 Å². The van der Waals surface area contributed by atoms with Gasteiger partial charge in [0, 0.05) is 30.7 Å². The van der Waals surface area contributed by atoms with E-state index in [4.69, 9.17) is 23.4 Å². The molecule has 2 aliphatic heterocycles. The summed E-state index contributed by atoms with van der Waals surface area (Å²) in [5.41, 5.74) is 0.594. The molecule has 0 bridgehead atoms. The lowest BCUT2D eigenvalue weighted by atomic mass is 9.78. The van der Waals surface area contributed by atoms with Crippen molar-refractivity contribution >= 4 is 49.1 Å². The number of nitrogens with one attached hydrogen (secondary N) is 1. The number of hydrogen-bond donors (Lipinski definition) is 1. The van der Waals surface area contributed by atoms with Crippen LogP contribution in [0.15, 0.2) is 18.5 Å². The van der Waals surface area contributed by atoms with Crippen molar-refractivity contribution in [3.63, 3.8) is 0 Å². The van der Waals surface area contributed by atoms with E-state index in [1.54, 1.807) is 10.6 Å². The molecule has 2 aromatic heterocycles. The number of fused-ring (bicyclic) bond motifs is 1. The number of imidazole rings is 1. The van der Waals surface area contributed by atoms with Crippen molar-refractivity contribution in [3.05, 3.63) is 41.2 Å². The number of carbonyl (C=O) groups is 4. The molecule has 2 saturated heterocycles. The summed E-state index contributed by atoms with van der Waals surface area (Å²) in [4.78, 5) is 62.8. The molecule has 1 unspecified atom stereocenters. The molecule has 288 valence electrons. The lowest BCUT2D eigenvalue weighted by molar-refractivity contribution is -0.163. The molecule has 3 aromatic rings. The molecule has 1 amide bonds. The van der Waals surface area contributed by atoms with Gasteiger partial charge in [0.2, 0.25) is 0 Å². The first kappa shape index (κ1) is 39.9. The van der Waals surface area contributed by atoms with Crippen LogP contribution >= 0.6 is 0 Å². The van der Waals surface area contributed by atoms with E-state index in [0.717, 1.165) is 11.1 Å². The number of hydrogen-bond acceptors (Lipinski definition) is 12. The smallest absolute Gasteiger partial charge is 0.312 e. The van der Waals surface area contributed by atoms with Gasteiger partial charge >= 0.3 is 24.0 Å². The monoisotopic (exact) mass is 755 g/mol. The summed E-state index contributed by atoms with van der Waals surface area (Å²) in [5, 5.41) is 2.41. The van der Waals surface area contributed by atoms with Crippen LogP contribution in [-0.4, -0.2) is 82.7 Å². The van der Waals surface area contributed by atoms with Crippen LogP contribution in [-0.2, 0) is 43.2 Å². The van der Waals surface area contributed by atoms with Gasteiger partial charge < -0.3 is 33.3 Å². The number of nitrogens with zero attached hydrogens (tertiary/aromatic N) is 4. The van der Waals surface area contributed by atoms with E-state index in [1.807, 2.05) is 40.7 Å². The van der Waals surface area contributed by atoms with Crippen LogP contribution in [0.4, 0.5) is 10.2 Å². The topological polar surface area (TPSA) is 170 Å². The van der Waals surface area contributed by atoms with E-state index < -0.39 is 67.5 Å². The highest BCUT2D eigenvalue weighted by molar-refractivity contribution is 6.74. The van der Waals surface area contributed by atoms with Crippen LogP contribution < -0.4 is 10.1 Å². The van der Waals surface area contributed by atoms with E-state index in [9.17, 15) is 19.2 Å². The zero-order valence-corrected chi connectivity index (χ0v) is 33.3. The number of cyclic esters (lactones) is 1. The SMILES string of the molecule is CC(=O)Oc1cc(C)cc(C)c1C(C)(C)CC(=O)O[C@H]1C(n2cnc3c(NC(=O)[C@H]4CCC(=O)O4)nc(F)nc32)CO[C@]1(C)CO[Si](C)(C)C(C)(C)C. The fourth-order valence-electron chi connectivity index (χ4n) is 6.74. The maximum Gasteiger partial charge on any atom is 0.312 e. The molecule has 53 heavy (non-hydrogen) atoms. The molecule has 14 nitrogen and oxygen atoms in total. The Hall–Kier alpha value is -4.28. The Kier molecular flexibility index (Phi) is 10.9. The molecule has 1 aromatic carbocycles. The number of aromatic nitrogens is 4. The second-order valence-electron chi connectivity index (χ2n) is 16.4. The highest BCUT2D eigenvalue weighted by atomic mass is 28.4. The summed E-state index contributed by atoms with van der Waals surface area (Å²) in [6.45, 7) is 21.4. The predicted molar refractivity (Wildman–Crippen MR) is 194 cm³/mol. The summed E-state index contributed by atoms with van der Waals surface area (Å²) < 4.78 is 46.6. The maximum absolute atomic E-state index is 15.0. The van der Waals surface area contributed by atoms with Crippen molar-refractivity contribution in [1.82, 2.24) is 19.5 Å². The summed E-state index contributed by atoms with van der Waals surface area (Å²) in [6, 6.07) is 2.99. The Bertz CT molecular complexity index is 1940. The van der Waals surface area contributed by atoms with Gasteiger partial charge in [-0.05, 0) is 56.1 Å². The molecule has 5 rings (SSSR count). The molecule has 0 spiro atoms. The third-order valence-corrected chi connectivity index (χ3v) is 14.9. The molecular weight excluding hydrogens is 706 g/mol. The second-order valence-corrected chi connectivity index (χ2v) is 21.2. The first-order chi connectivity index (χ1) is 24.5. The summed E-state index contributed by atoms with van der Waals surface area (Å²) in [5.74, 6) is -2.02. The molecule has 2 fully saturated rings. The van der Waals surface area contributed by atoms with Crippen LogP contribution in [0.2, 0.25) is 18.1 Å². The van der Waals surface area contributed by atoms with Gasteiger partial charge in [-0.25, -0.2) is 4.98 Å². The van der Waals surface area contributed by atoms with Crippen molar-refractivity contribution in [2.24, 2.45) is 0 Å². The van der Waals surface area contributed by atoms with Crippen molar-refractivity contribution < 1.29 is 46.9 Å². The molecule has 1 N–H and O–H groups in total. The minimum absolute atomic E-state index is 0.0297. The van der Waals surface area contributed by atoms with Crippen LogP contribution in [0.3, 0.4) is 0 Å². The number of halogens is 1. The summed E-state index contributed by atoms with van der Waals surface area (Å²) in [6.07, 6.45) is -1.54. The first-order valence-corrected chi connectivity index (χ1v) is 20.6. The number of anilines is 1. The van der Waals surface area contributed by atoms with Gasteiger partial charge in [-0.3, -0.25) is 19.2 Å². The van der Waals surface area contributed by atoms with Crippen molar-refractivity contribution in [2.75, 3.05) is 18.5 Å². The van der Waals surface area contributed by atoms with Crippen LogP contribution in [0.1, 0.15) is 90.5 Å². The van der Waals surface area contributed by atoms with E-state index in [2.05, 4.69) is 54.1 Å². The zero-order valence-electron chi connectivity index (χ0n) is 32.3. The highest BCUT2D eigenvalue weighted by Gasteiger charge is 2.53. The van der Waals surface area contributed by atoms with Crippen molar-refractivity contribution in [2.45, 2.75) is 129 Å². The second kappa shape index (κ2) is 14.5. The van der Waals surface area contributed by atoms with Crippen LogP contribution in [0.25, 0.3) is 11.2 Å². The Morgan fingerprint density at radius 3 is 2.45 bits per heavy atom. The Labute approximate surface area is 309 Å². The predicted octanol–water partition coefficient (Wildman–Crippen LogP) is 5.78. The molecule has 4 atom stereocenters. The summed E-state index contributed by atoms with van der Waals surface area (Å²) in [7, 11) is -2.30. The number of amides is 1. The molecule has 0 saturated carbocycles. The lowest BCUT2D eigenvalue weighted by Crippen LogP contribution is -2.51. The van der Waals surface area contributed by atoms with Gasteiger partial charge in [0.25, 0.3) is 5.91 Å². The lowest BCUT2D eigenvalue weighted by Gasteiger charge is -2.40. The number of aryl methyl sites for hydroxylation is 2. The fraction of sp³-hybridized carbons (Fsp3) is 0.595. The van der Waals surface area contributed by atoms with Gasteiger partial charge in [-0.1, -0.05) is 40.7 Å². The van der Waals surface area contributed by atoms with Gasteiger partial charge in [0.15, 0.2) is 37.5 Å².